The summed E-state index contributed by atoms with van der Waals surface area (Å²) in [5.74, 6) is 0.995. The van der Waals surface area contributed by atoms with Crippen LogP contribution in [0.5, 0.6) is 0 Å². The van der Waals surface area contributed by atoms with Crippen LogP contribution in [0, 0.1) is 0 Å². The SMILES string of the molecule is c1cc2c(nn1)NCCCCCCC2. The second kappa shape index (κ2) is 4.94. The molecule has 1 aliphatic rings. The molecule has 0 saturated carbocycles. The predicted octanol–water partition coefficient (Wildman–Crippen LogP) is 2.40. The van der Waals surface area contributed by atoms with E-state index in [0.717, 1.165) is 18.8 Å². The third-order valence-corrected chi connectivity index (χ3v) is 2.72. The van der Waals surface area contributed by atoms with Gasteiger partial charge in [-0.05, 0) is 30.9 Å². The molecule has 0 radical (unpaired) electrons. The summed E-state index contributed by atoms with van der Waals surface area (Å²) in [7, 11) is 0. The van der Waals surface area contributed by atoms with Crippen LogP contribution in [-0.4, -0.2) is 16.7 Å². The van der Waals surface area contributed by atoms with Crippen LogP contribution >= 0.6 is 0 Å². The first-order chi connectivity index (χ1) is 6.97. The van der Waals surface area contributed by atoms with E-state index in [9.17, 15) is 0 Å². The highest BCUT2D eigenvalue weighted by molar-refractivity contribution is 5.42. The number of aryl methyl sites for hydroxylation is 1. The number of nitrogens with zero attached hydrogens (tertiary/aromatic N) is 2. The molecule has 1 N–H and O–H groups in total. The lowest BCUT2D eigenvalue weighted by Gasteiger charge is -2.12. The van der Waals surface area contributed by atoms with Crippen LogP contribution in [0.15, 0.2) is 12.3 Å². The highest BCUT2D eigenvalue weighted by Gasteiger charge is 2.05. The monoisotopic (exact) mass is 191 g/mol. The van der Waals surface area contributed by atoms with Gasteiger partial charge < -0.3 is 5.32 Å². The maximum atomic E-state index is 4.13. The van der Waals surface area contributed by atoms with Crippen molar-refractivity contribution < 1.29 is 0 Å². The van der Waals surface area contributed by atoms with Gasteiger partial charge in [0.1, 0.15) is 0 Å². The van der Waals surface area contributed by atoms with E-state index in [1.165, 1.54) is 37.7 Å². The first-order valence-electron chi connectivity index (χ1n) is 5.51. The average Bonchev–Trinajstić information content (AvgIpc) is 2.25. The van der Waals surface area contributed by atoms with Crippen LogP contribution in [0.4, 0.5) is 5.82 Å². The van der Waals surface area contributed by atoms with E-state index in [2.05, 4.69) is 21.6 Å². The molecular formula is C11H17N3. The van der Waals surface area contributed by atoms with Gasteiger partial charge in [-0.3, -0.25) is 0 Å². The lowest BCUT2D eigenvalue weighted by molar-refractivity contribution is 0.616. The molecule has 2 rings (SSSR count). The number of rotatable bonds is 0. The normalized spacial score (nSPS) is 18.0. The summed E-state index contributed by atoms with van der Waals surface area (Å²) in [6.07, 6.45) is 9.50. The predicted molar refractivity (Wildman–Crippen MR) is 57.3 cm³/mol. The minimum Gasteiger partial charge on any atom is -0.368 e. The average molecular weight is 191 g/mol. The number of aromatic nitrogens is 2. The van der Waals surface area contributed by atoms with Gasteiger partial charge in [0.15, 0.2) is 5.82 Å². The van der Waals surface area contributed by atoms with E-state index >= 15 is 0 Å². The third kappa shape index (κ3) is 2.44. The van der Waals surface area contributed by atoms with Crippen LogP contribution in [0.3, 0.4) is 0 Å². The van der Waals surface area contributed by atoms with E-state index in [1.54, 1.807) is 6.20 Å². The highest BCUT2D eigenvalue weighted by Crippen LogP contribution is 2.16. The number of nitrogens with one attached hydrogen (secondary N) is 1. The van der Waals surface area contributed by atoms with Crippen molar-refractivity contribution in [3.63, 3.8) is 0 Å². The second-order valence-electron chi connectivity index (χ2n) is 3.85. The molecule has 14 heavy (non-hydrogen) atoms. The van der Waals surface area contributed by atoms with Crippen molar-refractivity contribution in [2.24, 2.45) is 0 Å². The van der Waals surface area contributed by atoms with E-state index in [-0.39, 0.29) is 0 Å². The lowest BCUT2D eigenvalue weighted by atomic mass is 10.1. The Balaban J connectivity index is 2.10. The summed E-state index contributed by atoms with van der Waals surface area (Å²) < 4.78 is 0. The molecule has 1 aromatic heterocycles. The summed E-state index contributed by atoms with van der Waals surface area (Å²) in [5.41, 5.74) is 1.32. The molecular weight excluding hydrogens is 174 g/mol. The second-order valence-corrected chi connectivity index (χ2v) is 3.85. The Bertz CT molecular complexity index is 257. The molecule has 0 amide bonds. The number of hydrogen-bond donors (Lipinski definition) is 1. The van der Waals surface area contributed by atoms with Crippen LogP contribution in [0.25, 0.3) is 0 Å². The van der Waals surface area contributed by atoms with Gasteiger partial charge in [-0.1, -0.05) is 19.3 Å². The van der Waals surface area contributed by atoms with E-state index in [0.29, 0.717) is 0 Å². The summed E-state index contributed by atoms with van der Waals surface area (Å²) >= 11 is 0. The van der Waals surface area contributed by atoms with Crippen molar-refractivity contribution in [3.05, 3.63) is 17.8 Å². The largest absolute Gasteiger partial charge is 0.368 e. The van der Waals surface area contributed by atoms with Crippen molar-refractivity contribution >= 4 is 5.82 Å². The Hall–Kier alpha value is -1.12. The van der Waals surface area contributed by atoms with Crippen LogP contribution in [0.1, 0.15) is 37.7 Å². The Morgan fingerprint density at radius 2 is 1.93 bits per heavy atom. The van der Waals surface area contributed by atoms with Crippen molar-refractivity contribution in [2.45, 2.75) is 38.5 Å². The van der Waals surface area contributed by atoms with Crippen molar-refractivity contribution in [1.29, 1.82) is 0 Å². The Morgan fingerprint density at radius 3 is 2.93 bits per heavy atom. The lowest BCUT2D eigenvalue weighted by Crippen LogP contribution is -2.08. The molecule has 3 heteroatoms. The van der Waals surface area contributed by atoms with Gasteiger partial charge in [0.2, 0.25) is 0 Å². The first kappa shape index (κ1) is 9.44. The molecule has 2 heterocycles. The van der Waals surface area contributed by atoms with E-state index in [1.807, 2.05) is 0 Å². The summed E-state index contributed by atoms with van der Waals surface area (Å²) in [6, 6.07) is 2.08. The molecule has 0 saturated heterocycles. The number of fused-ring (bicyclic) bond motifs is 1. The molecule has 0 spiro atoms. The van der Waals surface area contributed by atoms with Gasteiger partial charge in [0.25, 0.3) is 0 Å². The third-order valence-electron chi connectivity index (χ3n) is 2.72. The molecule has 76 valence electrons. The van der Waals surface area contributed by atoms with Crippen LogP contribution in [-0.2, 0) is 6.42 Å². The summed E-state index contributed by atoms with van der Waals surface area (Å²) in [5, 5.41) is 11.4. The number of hydrogen-bond acceptors (Lipinski definition) is 3. The van der Waals surface area contributed by atoms with Crippen molar-refractivity contribution in [1.82, 2.24) is 10.2 Å². The highest BCUT2D eigenvalue weighted by atomic mass is 15.2. The first-order valence-corrected chi connectivity index (χ1v) is 5.51. The van der Waals surface area contributed by atoms with Gasteiger partial charge in [0, 0.05) is 6.54 Å². The van der Waals surface area contributed by atoms with Gasteiger partial charge in [0.05, 0.1) is 6.20 Å². The minimum absolute atomic E-state index is 0.995. The Morgan fingerprint density at radius 1 is 1.07 bits per heavy atom. The summed E-state index contributed by atoms with van der Waals surface area (Å²) in [6.45, 7) is 1.03. The van der Waals surface area contributed by atoms with Crippen LogP contribution < -0.4 is 5.32 Å². The molecule has 0 unspecified atom stereocenters. The van der Waals surface area contributed by atoms with Crippen molar-refractivity contribution in [2.75, 3.05) is 11.9 Å². The standard InChI is InChI=1S/C11H17N3/c1-2-4-6-10-7-9-13-14-11(10)12-8-5-3-1/h7,9H,1-6,8H2,(H,12,14). The fraction of sp³-hybridized carbons (Fsp3) is 0.636. The Labute approximate surface area is 84.9 Å². The molecule has 0 aliphatic carbocycles. The van der Waals surface area contributed by atoms with Crippen LogP contribution in [0.2, 0.25) is 0 Å². The number of anilines is 1. The van der Waals surface area contributed by atoms with Gasteiger partial charge in [-0.2, -0.15) is 5.10 Å². The molecule has 0 atom stereocenters. The van der Waals surface area contributed by atoms with Gasteiger partial charge in [-0.15, -0.1) is 5.10 Å². The molecule has 0 fully saturated rings. The summed E-state index contributed by atoms with van der Waals surface area (Å²) in [4.78, 5) is 0. The quantitative estimate of drug-likeness (QED) is 0.684. The van der Waals surface area contributed by atoms with E-state index in [4.69, 9.17) is 0 Å². The van der Waals surface area contributed by atoms with Gasteiger partial charge >= 0.3 is 0 Å². The molecule has 0 bridgehead atoms. The zero-order chi connectivity index (χ0) is 9.64. The van der Waals surface area contributed by atoms with E-state index < -0.39 is 0 Å². The molecule has 3 nitrogen and oxygen atoms in total. The smallest absolute Gasteiger partial charge is 0.151 e. The van der Waals surface area contributed by atoms with Gasteiger partial charge in [-0.25, -0.2) is 0 Å². The fourth-order valence-electron chi connectivity index (χ4n) is 1.89. The maximum Gasteiger partial charge on any atom is 0.151 e. The topological polar surface area (TPSA) is 37.8 Å². The Kier molecular flexibility index (Phi) is 3.33. The maximum absolute atomic E-state index is 4.13. The molecule has 0 aromatic carbocycles. The molecule has 1 aliphatic heterocycles. The molecule has 1 aromatic rings. The zero-order valence-corrected chi connectivity index (χ0v) is 8.50. The fourth-order valence-corrected chi connectivity index (χ4v) is 1.89. The van der Waals surface area contributed by atoms with Crippen molar-refractivity contribution in [3.8, 4) is 0 Å². The zero-order valence-electron chi connectivity index (χ0n) is 8.50. The minimum atomic E-state index is 0.995.